The second-order valence-electron chi connectivity index (χ2n) is 10.8. The van der Waals surface area contributed by atoms with Crippen molar-refractivity contribution in [3.63, 3.8) is 0 Å². The van der Waals surface area contributed by atoms with Gasteiger partial charge in [0.25, 0.3) is 0 Å². The van der Waals surface area contributed by atoms with E-state index in [0.29, 0.717) is 5.82 Å². The first-order valence-corrected chi connectivity index (χ1v) is 16.8. The first-order valence-electron chi connectivity index (χ1n) is 15.9. The zero-order valence-electron chi connectivity index (χ0n) is 24.7. The number of aromatic amines is 1. The van der Waals surface area contributed by atoms with Crippen LogP contribution in [-0.2, 0) is 0 Å². The maximum atomic E-state index is 9.88. The van der Waals surface area contributed by atoms with Crippen LogP contribution < -0.4 is 0 Å². The molecule has 0 bridgehead atoms. The second kappa shape index (κ2) is 26.0. The average molecular weight is 550 g/mol. The van der Waals surface area contributed by atoms with E-state index in [-0.39, 0.29) is 6.10 Å². The van der Waals surface area contributed by atoms with Crippen LogP contribution in [0.5, 0.6) is 0 Å². The Morgan fingerprint density at radius 2 is 1.05 bits per heavy atom. The van der Waals surface area contributed by atoms with Gasteiger partial charge in [0, 0.05) is 24.0 Å². The molecule has 0 amide bonds. The average Bonchev–Trinajstić information content (AvgIpc) is 3.66. The third-order valence-corrected chi connectivity index (χ3v) is 8.11. The minimum Gasteiger partial charge on any atom is -0.386 e. The summed E-state index contributed by atoms with van der Waals surface area (Å²) in [6.45, 7) is 4.53. The largest absolute Gasteiger partial charge is 0.386 e. The number of rotatable bonds is 24. The molecule has 2 rings (SSSR count). The summed E-state index contributed by atoms with van der Waals surface area (Å²) in [5, 5.41) is 22.5. The molecule has 0 saturated carbocycles. The van der Waals surface area contributed by atoms with E-state index in [1.807, 2.05) is 5.38 Å². The zero-order chi connectivity index (χ0) is 27.5. The number of hydrogen-bond donors (Lipinski definition) is 3. The zero-order valence-corrected chi connectivity index (χ0v) is 25.5. The summed E-state index contributed by atoms with van der Waals surface area (Å²) in [4.78, 5) is 11.2. The lowest BCUT2D eigenvalue weighted by Gasteiger charge is -2.07. The molecule has 0 aliphatic heterocycles. The van der Waals surface area contributed by atoms with Gasteiger partial charge in [0.05, 0.1) is 0 Å². The number of hydrogen-bond acceptors (Lipinski definition) is 5. The van der Waals surface area contributed by atoms with E-state index in [9.17, 15) is 10.2 Å². The van der Waals surface area contributed by atoms with Gasteiger partial charge in [0.1, 0.15) is 23.0 Å². The van der Waals surface area contributed by atoms with E-state index in [2.05, 4.69) is 28.8 Å². The predicted octanol–water partition coefficient (Wildman–Crippen LogP) is 10.2. The number of unbranched alkanes of at least 4 members (excludes halogenated alkanes) is 18. The fourth-order valence-electron chi connectivity index (χ4n) is 4.77. The van der Waals surface area contributed by atoms with Crippen molar-refractivity contribution in [1.82, 2.24) is 15.0 Å². The van der Waals surface area contributed by atoms with Crippen LogP contribution in [0.4, 0.5) is 0 Å². The number of aliphatic hydroxyl groups is 2. The third-order valence-electron chi connectivity index (χ3n) is 7.23. The summed E-state index contributed by atoms with van der Waals surface area (Å²) in [6.07, 6.45) is 32.8. The van der Waals surface area contributed by atoms with Crippen molar-refractivity contribution in [1.29, 1.82) is 0 Å². The Balaban J connectivity index is 0.000000380. The van der Waals surface area contributed by atoms with Crippen LogP contribution in [0, 0.1) is 0 Å². The van der Waals surface area contributed by atoms with Crippen molar-refractivity contribution in [2.24, 2.45) is 0 Å². The Bertz CT molecular complexity index is 633. The van der Waals surface area contributed by atoms with Crippen molar-refractivity contribution >= 4 is 11.3 Å². The summed E-state index contributed by atoms with van der Waals surface area (Å²) in [6, 6.07) is 0. The fourth-order valence-corrected chi connectivity index (χ4v) is 5.43. The van der Waals surface area contributed by atoms with Crippen molar-refractivity contribution in [2.75, 3.05) is 0 Å². The second-order valence-corrected chi connectivity index (χ2v) is 11.7. The van der Waals surface area contributed by atoms with E-state index < -0.39 is 6.10 Å². The summed E-state index contributed by atoms with van der Waals surface area (Å²) in [5.74, 6) is 0.705. The third kappa shape index (κ3) is 19.8. The van der Waals surface area contributed by atoms with E-state index >= 15 is 0 Å². The molecule has 5 nitrogen and oxygen atoms in total. The van der Waals surface area contributed by atoms with Crippen LogP contribution in [0.25, 0.3) is 0 Å². The number of aliphatic hydroxyl groups excluding tert-OH is 2. The molecule has 0 aliphatic carbocycles. The number of nitrogens with zero attached hydrogens (tertiary/aromatic N) is 2. The lowest BCUT2D eigenvalue weighted by atomic mass is 10.0. The highest BCUT2D eigenvalue weighted by atomic mass is 32.1. The Labute approximate surface area is 238 Å². The van der Waals surface area contributed by atoms with Crippen LogP contribution in [0.2, 0.25) is 0 Å². The molecule has 0 spiro atoms. The molecule has 2 atom stereocenters. The van der Waals surface area contributed by atoms with Crippen molar-refractivity contribution < 1.29 is 10.2 Å². The molecule has 2 heterocycles. The monoisotopic (exact) mass is 549 g/mol. The van der Waals surface area contributed by atoms with Gasteiger partial charge in [-0.3, -0.25) is 0 Å². The minimum atomic E-state index is -0.413. The normalized spacial score (nSPS) is 12.7. The van der Waals surface area contributed by atoms with Gasteiger partial charge in [-0.2, -0.15) is 0 Å². The Hall–Kier alpha value is -1.24. The lowest BCUT2D eigenvalue weighted by Crippen LogP contribution is -1.99. The van der Waals surface area contributed by atoms with Crippen molar-refractivity contribution in [3.8, 4) is 0 Å². The summed E-state index contributed by atoms with van der Waals surface area (Å²) in [5.41, 5.74) is 0. The van der Waals surface area contributed by atoms with E-state index in [1.165, 1.54) is 116 Å². The van der Waals surface area contributed by atoms with Gasteiger partial charge in [-0.25, -0.2) is 9.97 Å². The maximum absolute atomic E-state index is 9.88. The predicted molar refractivity (Wildman–Crippen MR) is 164 cm³/mol. The molecule has 0 aromatic carbocycles. The quantitative estimate of drug-likeness (QED) is 0.114. The van der Waals surface area contributed by atoms with Gasteiger partial charge in [-0.1, -0.05) is 142 Å². The van der Waals surface area contributed by atoms with Gasteiger partial charge in [0.15, 0.2) is 0 Å². The number of imidazole rings is 1. The maximum Gasteiger partial charge on any atom is 0.134 e. The summed E-state index contributed by atoms with van der Waals surface area (Å²) < 4.78 is 0. The molecule has 0 fully saturated rings. The smallest absolute Gasteiger partial charge is 0.134 e. The van der Waals surface area contributed by atoms with Crippen LogP contribution in [0.1, 0.15) is 178 Å². The van der Waals surface area contributed by atoms with Gasteiger partial charge in [0.2, 0.25) is 0 Å². The molecule has 2 aromatic rings. The first-order chi connectivity index (χ1) is 18.7. The lowest BCUT2D eigenvalue weighted by molar-refractivity contribution is 0.154. The number of H-pyrrole nitrogens is 1. The molecule has 38 heavy (non-hydrogen) atoms. The van der Waals surface area contributed by atoms with Crippen LogP contribution in [-0.4, -0.2) is 25.2 Å². The SMILES string of the molecule is CCCCCCCCCCCCC(O)c1ncc[nH]1.CCCCCCCCCCCCC(O)c1nccs1. The molecule has 2 aromatic heterocycles. The van der Waals surface area contributed by atoms with Crippen LogP contribution in [0.15, 0.2) is 24.0 Å². The van der Waals surface area contributed by atoms with E-state index in [1.54, 1.807) is 29.9 Å². The molecular weight excluding hydrogens is 490 g/mol. The van der Waals surface area contributed by atoms with Crippen LogP contribution in [0.3, 0.4) is 0 Å². The Morgan fingerprint density at radius 1 is 0.605 bits per heavy atom. The molecule has 3 N–H and O–H groups in total. The molecule has 6 heteroatoms. The molecule has 0 aliphatic rings. The number of aromatic nitrogens is 3. The number of nitrogens with one attached hydrogen (secondary N) is 1. The van der Waals surface area contributed by atoms with Gasteiger partial charge >= 0.3 is 0 Å². The van der Waals surface area contributed by atoms with Crippen LogP contribution >= 0.6 is 11.3 Å². The Kier molecular flexibility index (Phi) is 23.8. The molecule has 2 unspecified atom stereocenters. The van der Waals surface area contributed by atoms with Crippen molar-refractivity contribution in [3.05, 3.63) is 34.8 Å². The molecule has 0 radical (unpaired) electrons. The minimum absolute atomic E-state index is 0.339. The highest BCUT2D eigenvalue weighted by Gasteiger charge is 2.09. The highest BCUT2D eigenvalue weighted by Crippen LogP contribution is 2.22. The Morgan fingerprint density at radius 3 is 1.45 bits per heavy atom. The van der Waals surface area contributed by atoms with Gasteiger partial charge < -0.3 is 15.2 Å². The van der Waals surface area contributed by atoms with Crippen molar-refractivity contribution in [2.45, 2.75) is 167 Å². The first kappa shape index (κ1) is 34.8. The molecule has 0 saturated heterocycles. The van der Waals surface area contributed by atoms with Gasteiger partial charge in [-0.15, -0.1) is 11.3 Å². The van der Waals surface area contributed by atoms with E-state index in [4.69, 9.17) is 0 Å². The molecule has 220 valence electrons. The fraction of sp³-hybridized carbons (Fsp3) is 0.812. The van der Waals surface area contributed by atoms with Gasteiger partial charge in [-0.05, 0) is 12.8 Å². The molecular formula is C32H59N3O2S. The summed E-state index contributed by atoms with van der Waals surface area (Å²) >= 11 is 1.55. The summed E-state index contributed by atoms with van der Waals surface area (Å²) in [7, 11) is 0. The standard InChI is InChI=1S/C16H30N2O.C16H29NOS/c1-2-3-4-5-6-7-8-9-10-11-12-15(19)16-17-13-14-18-16;1-2-3-4-5-6-7-8-9-10-11-12-15(18)16-17-13-14-19-16/h13-15,19H,2-12H2,1H3,(H,17,18);13-15,18H,2-12H2,1H3. The topological polar surface area (TPSA) is 82.0 Å². The van der Waals surface area contributed by atoms with E-state index in [0.717, 1.165) is 30.7 Å². The highest BCUT2D eigenvalue weighted by molar-refractivity contribution is 7.09. The number of thiazole rings is 1.